The van der Waals surface area contributed by atoms with E-state index in [1.807, 2.05) is 73.7 Å². The Balaban J connectivity index is 1.67. The zero-order chi connectivity index (χ0) is 26.5. The van der Waals surface area contributed by atoms with E-state index in [4.69, 9.17) is 15.1 Å². The molecule has 192 valence electrons. The molecule has 5 rings (SSSR count). The maximum absolute atomic E-state index is 12.4. The van der Waals surface area contributed by atoms with Gasteiger partial charge in [0.2, 0.25) is 10.0 Å². The number of sulfonamides is 1. The summed E-state index contributed by atoms with van der Waals surface area (Å²) in [5, 5.41) is 9.86. The molecule has 0 saturated carbocycles. The van der Waals surface area contributed by atoms with Crippen LogP contribution in [0.5, 0.6) is 0 Å². The Hall–Kier alpha value is -4.21. The molecule has 0 aliphatic carbocycles. The Morgan fingerprint density at radius 2 is 1.71 bits per heavy atom. The lowest BCUT2D eigenvalue weighted by atomic mass is 10.0. The summed E-state index contributed by atoms with van der Waals surface area (Å²) in [6.07, 6.45) is 5.61. The molecule has 3 aromatic heterocycles. The van der Waals surface area contributed by atoms with Crippen molar-refractivity contribution in [1.29, 1.82) is 0 Å². The van der Waals surface area contributed by atoms with Gasteiger partial charge in [-0.25, -0.2) is 23.5 Å². The van der Waals surface area contributed by atoms with Gasteiger partial charge in [0.25, 0.3) is 0 Å². The number of benzene rings is 2. The summed E-state index contributed by atoms with van der Waals surface area (Å²) in [6.45, 7) is 2.49. The summed E-state index contributed by atoms with van der Waals surface area (Å²) in [5.41, 5.74) is 4.52. The molecule has 0 aliphatic heterocycles. The van der Waals surface area contributed by atoms with Gasteiger partial charge >= 0.3 is 0 Å². The molecule has 38 heavy (non-hydrogen) atoms. The molecule has 8 nitrogen and oxygen atoms in total. The molecule has 0 amide bonds. The normalized spacial score (nSPS) is 11.5. The highest BCUT2D eigenvalue weighted by molar-refractivity contribution is 7.89. The highest BCUT2D eigenvalue weighted by Crippen LogP contribution is 2.34. The maximum atomic E-state index is 12.4. The predicted molar refractivity (Wildman–Crippen MR) is 150 cm³/mol. The van der Waals surface area contributed by atoms with Crippen molar-refractivity contribution in [3.8, 4) is 22.5 Å². The van der Waals surface area contributed by atoms with E-state index < -0.39 is 10.0 Å². The van der Waals surface area contributed by atoms with E-state index in [2.05, 4.69) is 15.3 Å². The van der Waals surface area contributed by atoms with E-state index in [0.717, 1.165) is 35.0 Å². The highest BCUT2D eigenvalue weighted by Gasteiger charge is 2.19. The van der Waals surface area contributed by atoms with Crippen molar-refractivity contribution < 1.29 is 8.42 Å². The SMILES string of the molecule is CCCCc1ncc(-c2nc(NCc3ccccn3)c3c(-c4ccccc4)cccc3n2)cc1S(N)(=O)=O. The van der Waals surface area contributed by atoms with Crippen molar-refractivity contribution >= 4 is 26.7 Å². The zero-order valence-corrected chi connectivity index (χ0v) is 21.8. The third-order valence-corrected chi connectivity index (χ3v) is 7.20. The Labute approximate surface area is 222 Å². The number of nitrogens with zero attached hydrogens (tertiary/aromatic N) is 4. The average molecular weight is 525 g/mol. The van der Waals surface area contributed by atoms with E-state index in [9.17, 15) is 8.42 Å². The number of anilines is 1. The number of primary sulfonamides is 1. The molecule has 0 saturated heterocycles. The van der Waals surface area contributed by atoms with Gasteiger partial charge < -0.3 is 5.32 Å². The Morgan fingerprint density at radius 1 is 0.895 bits per heavy atom. The quantitative estimate of drug-likeness (QED) is 0.266. The molecule has 0 radical (unpaired) electrons. The molecule has 0 bridgehead atoms. The second kappa shape index (κ2) is 11.0. The van der Waals surface area contributed by atoms with Crippen molar-refractivity contribution in [1.82, 2.24) is 19.9 Å². The summed E-state index contributed by atoms with van der Waals surface area (Å²) in [5.74, 6) is 0.966. The number of fused-ring (bicyclic) bond motifs is 1. The molecule has 0 aliphatic rings. The minimum atomic E-state index is -3.98. The number of pyridine rings is 2. The van der Waals surface area contributed by atoms with Crippen molar-refractivity contribution in [3.63, 3.8) is 0 Å². The van der Waals surface area contributed by atoms with Crippen molar-refractivity contribution in [2.45, 2.75) is 37.6 Å². The van der Waals surface area contributed by atoms with Crippen LogP contribution in [0.2, 0.25) is 0 Å². The Bertz CT molecular complexity index is 1680. The van der Waals surface area contributed by atoms with Crippen LogP contribution in [0, 0.1) is 0 Å². The van der Waals surface area contributed by atoms with Gasteiger partial charge in [-0.2, -0.15) is 0 Å². The largest absolute Gasteiger partial charge is 0.364 e. The van der Waals surface area contributed by atoms with Crippen LogP contribution in [0.3, 0.4) is 0 Å². The molecule has 3 heterocycles. The van der Waals surface area contributed by atoms with Crippen molar-refractivity contribution in [2.75, 3.05) is 5.32 Å². The van der Waals surface area contributed by atoms with Crippen LogP contribution in [-0.2, 0) is 23.0 Å². The summed E-state index contributed by atoms with van der Waals surface area (Å²) in [6, 6.07) is 23.2. The number of rotatable bonds is 9. The second-order valence-electron chi connectivity index (χ2n) is 8.95. The zero-order valence-electron chi connectivity index (χ0n) is 21.0. The number of aromatic nitrogens is 4. The van der Waals surface area contributed by atoms with Gasteiger partial charge in [-0.15, -0.1) is 0 Å². The molecule has 0 spiro atoms. The van der Waals surface area contributed by atoms with Gasteiger partial charge in [-0.05, 0) is 48.2 Å². The smallest absolute Gasteiger partial charge is 0.239 e. The summed E-state index contributed by atoms with van der Waals surface area (Å²) in [7, 11) is -3.98. The monoisotopic (exact) mass is 524 g/mol. The molecule has 5 aromatic rings. The number of aryl methyl sites for hydroxylation is 1. The minimum Gasteiger partial charge on any atom is -0.364 e. The Kier molecular flexibility index (Phi) is 7.39. The third kappa shape index (κ3) is 5.53. The van der Waals surface area contributed by atoms with Crippen molar-refractivity contribution in [2.24, 2.45) is 5.14 Å². The van der Waals surface area contributed by atoms with Crippen LogP contribution < -0.4 is 10.5 Å². The van der Waals surface area contributed by atoms with E-state index in [1.165, 1.54) is 6.07 Å². The van der Waals surface area contributed by atoms with E-state index >= 15 is 0 Å². The number of nitrogens with two attached hydrogens (primary N) is 1. The van der Waals surface area contributed by atoms with Gasteiger partial charge in [-0.1, -0.05) is 61.9 Å². The van der Waals surface area contributed by atoms with Crippen LogP contribution in [0.15, 0.2) is 90.1 Å². The lowest BCUT2D eigenvalue weighted by Crippen LogP contribution is -2.16. The molecule has 9 heteroatoms. The molecule has 0 unspecified atom stereocenters. The van der Waals surface area contributed by atoms with Gasteiger partial charge in [-0.3, -0.25) is 9.97 Å². The number of nitrogens with one attached hydrogen (secondary N) is 1. The average Bonchev–Trinajstić information content (AvgIpc) is 2.94. The predicted octanol–water partition coefficient (Wildman–Crippen LogP) is 5.36. The van der Waals surface area contributed by atoms with Gasteiger partial charge in [0.1, 0.15) is 10.7 Å². The number of unbranched alkanes of at least 4 members (excludes halogenated alkanes) is 1. The highest BCUT2D eigenvalue weighted by atomic mass is 32.2. The maximum Gasteiger partial charge on any atom is 0.239 e. The lowest BCUT2D eigenvalue weighted by molar-refractivity contribution is 0.595. The van der Waals surface area contributed by atoms with Crippen LogP contribution in [0.4, 0.5) is 5.82 Å². The standard InChI is InChI=1S/C29H28N6O2S/c1-2-3-14-24-26(38(30,36)37)17-21(18-32-24)28-34-25-15-9-13-23(20-10-5-4-6-11-20)27(25)29(35-28)33-19-22-12-7-8-16-31-22/h4-13,15-18H,2-3,14,19H2,1H3,(H2,30,36,37)(H,33,34,35). The van der Waals surface area contributed by atoms with E-state index in [-0.39, 0.29) is 4.90 Å². The van der Waals surface area contributed by atoms with Crippen molar-refractivity contribution in [3.05, 3.63) is 96.6 Å². The molecule has 0 atom stereocenters. The number of hydrogen-bond donors (Lipinski definition) is 2. The third-order valence-electron chi connectivity index (χ3n) is 6.23. The van der Waals surface area contributed by atoms with Crippen LogP contribution >= 0.6 is 0 Å². The summed E-state index contributed by atoms with van der Waals surface area (Å²) >= 11 is 0. The van der Waals surface area contributed by atoms with Gasteiger partial charge in [0, 0.05) is 18.0 Å². The first-order chi connectivity index (χ1) is 18.4. The molecular formula is C29H28N6O2S. The van der Waals surface area contributed by atoms with Gasteiger partial charge in [0.15, 0.2) is 5.82 Å². The fourth-order valence-corrected chi connectivity index (χ4v) is 5.12. The molecule has 0 fully saturated rings. The first-order valence-electron chi connectivity index (χ1n) is 12.5. The first kappa shape index (κ1) is 25.4. The first-order valence-corrected chi connectivity index (χ1v) is 14.0. The molecular weight excluding hydrogens is 496 g/mol. The fraction of sp³-hybridized carbons (Fsp3) is 0.172. The van der Waals surface area contributed by atoms with Crippen LogP contribution in [0.25, 0.3) is 33.4 Å². The van der Waals surface area contributed by atoms with Gasteiger partial charge in [0.05, 0.1) is 28.8 Å². The topological polar surface area (TPSA) is 124 Å². The molecule has 3 N–H and O–H groups in total. The van der Waals surface area contributed by atoms with E-state index in [1.54, 1.807) is 12.4 Å². The van der Waals surface area contributed by atoms with E-state index in [0.29, 0.717) is 41.4 Å². The second-order valence-corrected chi connectivity index (χ2v) is 10.5. The lowest BCUT2D eigenvalue weighted by Gasteiger charge is -2.15. The number of hydrogen-bond acceptors (Lipinski definition) is 7. The minimum absolute atomic E-state index is 0.00757. The van der Waals surface area contributed by atoms with Crippen LogP contribution in [-0.4, -0.2) is 28.4 Å². The Morgan fingerprint density at radius 3 is 2.45 bits per heavy atom. The van der Waals surface area contributed by atoms with Crippen LogP contribution in [0.1, 0.15) is 31.2 Å². The summed E-state index contributed by atoms with van der Waals surface area (Å²) in [4.78, 5) is 18.6. The fourth-order valence-electron chi connectivity index (χ4n) is 4.35. The molecule has 2 aromatic carbocycles. The summed E-state index contributed by atoms with van der Waals surface area (Å²) < 4.78 is 24.8.